The van der Waals surface area contributed by atoms with E-state index in [1.54, 1.807) is 0 Å². The Morgan fingerprint density at radius 1 is 0.638 bits per heavy atom. The van der Waals surface area contributed by atoms with E-state index >= 15 is 0 Å². The number of rotatable bonds is 12. The summed E-state index contributed by atoms with van der Waals surface area (Å²) >= 11 is 0. The van der Waals surface area contributed by atoms with Gasteiger partial charge in [0.15, 0.2) is 22.7 Å². The molecule has 0 fully saturated rings. The summed E-state index contributed by atoms with van der Waals surface area (Å²) in [4.78, 5) is 49.1. The largest absolute Gasteiger partial charge is 0.493 e. The lowest BCUT2D eigenvalue weighted by atomic mass is 10.1. The molecule has 4 heterocycles. The minimum atomic E-state index is -1.27. The molecular weight excluding hydrogens is 620 g/mol. The molecule has 236 valence electrons. The summed E-state index contributed by atoms with van der Waals surface area (Å²) in [5, 5.41) is 53.8. The number of hydrogen-bond acceptors (Lipinski definition) is 14. The van der Waals surface area contributed by atoms with Crippen molar-refractivity contribution in [2.45, 2.75) is 6.42 Å². The van der Waals surface area contributed by atoms with Crippen LogP contribution in [-0.2, 0) is 0 Å². The number of anilines is 2. The molecule has 0 spiro atoms. The average molecular weight is 641 g/mol. The number of carbonyl (C=O) groups is 4. The number of hydrogen-bond donors (Lipinski definition) is 4. The number of aromatic carboxylic acids is 2. The maximum absolute atomic E-state index is 12.8. The molecule has 0 bridgehead atoms. The lowest BCUT2D eigenvalue weighted by molar-refractivity contribution is 0.0686. The molecule has 6 aromatic rings. The summed E-state index contributed by atoms with van der Waals surface area (Å²) in [7, 11) is 0. The SMILES string of the molecule is O=C(Nc1cc(OCCCOc2ccc(C(=O)O)c(NC(=O)c3ccc4nnnn4n3)c2)ccc1C(=O)O)c1ccc2nnnn2n1. The van der Waals surface area contributed by atoms with Crippen molar-refractivity contribution in [1.29, 1.82) is 0 Å². The topological polar surface area (TPSA) is 263 Å². The molecule has 0 saturated heterocycles. The second kappa shape index (κ2) is 12.9. The van der Waals surface area contributed by atoms with Gasteiger partial charge in [0.1, 0.15) is 11.5 Å². The smallest absolute Gasteiger partial charge is 0.337 e. The second-order valence-electron chi connectivity index (χ2n) is 9.47. The van der Waals surface area contributed by atoms with E-state index in [9.17, 15) is 29.4 Å². The van der Waals surface area contributed by atoms with Gasteiger partial charge < -0.3 is 30.3 Å². The number of benzene rings is 2. The number of aromatic nitrogens is 10. The molecule has 0 saturated carbocycles. The highest BCUT2D eigenvalue weighted by Gasteiger charge is 2.18. The first-order chi connectivity index (χ1) is 22.7. The lowest BCUT2D eigenvalue weighted by Gasteiger charge is -2.13. The molecule has 0 aliphatic carbocycles. The van der Waals surface area contributed by atoms with Crippen LogP contribution in [-0.4, -0.2) is 97.7 Å². The third-order valence-corrected chi connectivity index (χ3v) is 6.37. The van der Waals surface area contributed by atoms with Gasteiger partial charge in [0.2, 0.25) is 0 Å². The van der Waals surface area contributed by atoms with Gasteiger partial charge in [0, 0.05) is 18.6 Å². The van der Waals surface area contributed by atoms with Crippen molar-refractivity contribution in [3.8, 4) is 11.5 Å². The lowest BCUT2D eigenvalue weighted by Crippen LogP contribution is -2.18. The van der Waals surface area contributed by atoms with Gasteiger partial charge in [0.05, 0.1) is 35.7 Å². The van der Waals surface area contributed by atoms with Gasteiger partial charge in [-0.15, -0.1) is 29.7 Å². The standard InChI is InChI=1S/C27H20N12O8/c40-24(18-6-8-22-30-34-36-38(22)32-18)28-20-12-14(2-4-16(20)26(42)43)46-10-1-11-47-15-3-5-17(27(44)45)21(13-15)29-25(41)19-7-9-23-31-35-37-39(23)33-19/h2-9,12-13H,1,10-11H2,(H,28,40)(H,29,41)(H,42,43)(H,44,45). The Labute approximate surface area is 260 Å². The first-order valence-corrected chi connectivity index (χ1v) is 13.5. The van der Waals surface area contributed by atoms with Crippen LogP contribution in [0.25, 0.3) is 11.3 Å². The fourth-order valence-electron chi connectivity index (χ4n) is 4.16. The summed E-state index contributed by atoms with van der Waals surface area (Å²) in [6, 6.07) is 13.9. The number of fused-ring (bicyclic) bond motifs is 2. The maximum atomic E-state index is 12.8. The first kappa shape index (κ1) is 29.9. The predicted octanol–water partition coefficient (Wildman–Crippen LogP) is 1.10. The molecule has 0 aliphatic rings. The highest BCUT2D eigenvalue weighted by molar-refractivity contribution is 6.07. The van der Waals surface area contributed by atoms with E-state index in [0.29, 0.717) is 17.7 Å². The van der Waals surface area contributed by atoms with E-state index in [-0.39, 0.29) is 58.6 Å². The van der Waals surface area contributed by atoms with Crippen molar-refractivity contribution in [1.82, 2.24) is 50.5 Å². The van der Waals surface area contributed by atoms with Crippen LogP contribution in [0.4, 0.5) is 11.4 Å². The molecule has 0 radical (unpaired) electrons. The van der Waals surface area contributed by atoms with E-state index in [0.717, 1.165) is 9.26 Å². The number of carboxylic acids is 2. The number of ether oxygens (including phenoxy) is 2. The summed E-state index contributed by atoms with van der Waals surface area (Å²) in [6.07, 6.45) is 0.358. The molecule has 4 aromatic heterocycles. The third kappa shape index (κ3) is 6.69. The second-order valence-corrected chi connectivity index (χ2v) is 9.47. The quantitative estimate of drug-likeness (QED) is 0.136. The third-order valence-electron chi connectivity index (χ3n) is 6.37. The van der Waals surface area contributed by atoms with Crippen molar-refractivity contribution in [2.24, 2.45) is 0 Å². The van der Waals surface area contributed by atoms with Crippen molar-refractivity contribution < 1.29 is 38.9 Å². The summed E-state index contributed by atoms with van der Waals surface area (Å²) in [5.41, 5.74) is 0.175. The van der Waals surface area contributed by atoms with E-state index in [1.807, 2.05) is 0 Å². The molecule has 47 heavy (non-hydrogen) atoms. The van der Waals surface area contributed by atoms with Crippen LogP contribution < -0.4 is 20.1 Å². The number of carbonyl (C=O) groups excluding carboxylic acids is 2. The minimum absolute atomic E-state index is 0.0176. The Hall–Kier alpha value is -7.12. The van der Waals surface area contributed by atoms with E-state index in [1.165, 1.54) is 60.7 Å². The van der Waals surface area contributed by atoms with Crippen molar-refractivity contribution in [3.63, 3.8) is 0 Å². The molecule has 2 aromatic carbocycles. The summed E-state index contributed by atoms with van der Waals surface area (Å²) < 4.78 is 13.6. The number of tetrazole rings is 2. The fourth-order valence-corrected chi connectivity index (χ4v) is 4.16. The highest BCUT2D eigenvalue weighted by atomic mass is 16.5. The minimum Gasteiger partial charge on any atom is -0.493 e. The Morgan fingerprint density at radius 2 is 1.09 bits per heavy atom. The van der Waals surface area contributed by atoms with E-state index < -0.39 is 23.8 Å². The molecule has 6 rings (SSSR count). The number of amides is 2. The van der Waals surface area contributed by atoms with Crippen molar-refractivity contribution in [2.75, 3.05) is 23.8 Å². The van der Waals surface area contributed by atoms with Crippen LogP contribution >= 0.6 is 0 Å². The molecule has 0 aliphatic heterocycles. The zero-order valence-electron chi connectivity index (χ0n) is 23.7. The monoisotopic (exact) mass is 640 g/mol. The van der Waals surface area contributed by atoms with Crippen LogP contribution in [0.5, 0.6) is 11.5 Å². The summed E-state index contributed by atoms with van der Waals surface area (Å²) in [6.45, 7) is 0.277. The number of nitrogens with zero attached hydrogens (tertiary/aromatic N) is 10. The number of nitrogens with one attached hydrogen (secondary N) is 2. The molecular formula is C27H20N12O8. The Balaban J connectivity index is 1.06. The number of carboxylic acid groups (broad SMARTS) is 2. The fraction of sp³-hybridized carbons (Fsp3) is 0.111. The van der Waals surface area contributed by atoms with Gasteiger partial charge in [-0.05, 0) is 69.4 Å². The molecule has 0 atom stereocenters. The summed E-state index contributed by atoms with van der Waals surface area (Å²) in [5.74, 6) is -3.36. The zero-order valence-corrected chi connectivity index (χ0v) is 23.7. The van der Waals surface area contributed by atoms with Gasteiger partial charge in [-0.3, -0.25) is 9.59 Å². The molecule has 20 nitrogen and oxygen atoms in total. The van der Waals surface area contributed by atoms with Crippen molar-refractivity contribution in [3.05, 3.63) is 83.2 Å². The maximum Gasteiger partial charge on any atom is 0.337 e. The van der Waals surface area contributed by atoms with Gasteiger partial charge in [-0.1, -0.05) is 0 Å². The Kier molecular flexibility index (Phi) is 8.19. The highest BCUT2D eigenvalue weighted by Crippen LogP contribution is 2.25. The van der Waals surface area contributed by atoms with Gasteiger partial charge in [-0.25, -0.2) is 9.59 Å². The first-order valence-electron chi connectivity index (χ1n) is 13.5. The van der Waals surface area contributed by atoms with E-state index in [4.69, 9.17) is 9.47 Å². The Bertz CT molecular complexity index is 2010. The van der Waals surface area contributed by atoms with Crippen LogP contribution in [0.1, 0.15) is 48.1 Å². The molecule has 0 unspecified atom stereocenters. The molecule has 2 amide bonds. The molecule has 4 N–H and O–H groups in total. The van der Waals surface area contributed by atoms with Crippen molar-refractivity contribution >= 4 is 46.4 Å². The zero-order chi connectivity index (χ0) is 32.9. The normalized spacial score (nSPS) is 10.9. The van der Waals surface area contributed by atoms with Gasteiger partial charge >= 0.3 is 11.9 Å². The van der Waals surface area contributed by atoms with Crippen LogP contribution in [0.15, 0.2) is 60.7 Å². The van der Waals surface area contributed by atoms with Gasteiger partial charge in [-0.2, -0.15) is 0 Å². The van der Waals surface area contributed by atoms with E-state index in [2.05, 4.69) is 51.9 Å². The van der Waals surface area contributed by atoms with Gasteiger partial charge in [0.25, 0.3) is 11.8 Å². The van der Waals surface area contributed by atoms with Crippen LogP contribution in [0.2, 0.25) is 0 Å². The average Bonchev–Trinajstić information content (AvgIpc) is 3.73. The van der Waals surface area contributed by atoms with Crippen LogP contribution in [0, 0.1) is 0 Å². The van der Waals surface area contributed by atoms with Crippen LogP contribution in [0.3, 0.4) is 0 Å². The predicted molar refractivity (Wildman–Crippen MR) is 155 cm³/mol. The molecule has 20 heteroatoms. The Morgan fingerprint density at radius 3 is 1.51 bits per heavy atom.